The van der Waals surface area contributed by atoms with Gasteiger partial charge in [-0.15, -0.1) is 0 Å². The Morgan fingerprint density at radius 3 is 2.43 bits per heavy atom. The number of alkyl halides is 3. The highest BCUT2D eigenvalue weighted by Gasteiger charge is 2.57. The van der Waals surface area contributed by atoms with E-state index in [-0.39, 0.29) is 31.2 Å². The summed E-state index contributed by atoms with van der Waals surface area (Å²) >= 11 is 0. The minimum absolute atomic E-state index is 0.0589. The van der Waals surface area contributed by atoms with Crippen LogP contribution >= 0.6 is 0 Å². The molecule has 10 nitrogen and oxygen atoms in total. The van der Waals surface area contributed by atoms with Crippen LogP contribution in [-0.2, 0) is 0 Å². The highest BCUT2D eigenvalue weighted by Crippen LogP contribution is 2.47. The second-order valence-electron chi connectivity index (χ2n) is 12.6. The van der Waals surface area contributed by atoms with Gasteiger partial charge in [-0.3, -0.25) is 4.79 Å². The van der Waals surface area contributed by atoms with Crippen LogP contribution in [0.5, 0.6) is 5.88 Å². The van der Waals surface area contributed by atoms with Crippen LogP contribution in [0.15, 0.2) is 30.5 Å². The number of hydrogen-bond donors (Lipinski definition) is 2. The van der Waals surface area contributed by atoms with E-state index in [0.29, 0.717) is 36.0 Å². The van der Waals surface area contributed by atoms with E-state index in [9.17, 15) is 27.9 Å². The van der Waals surface area contributed by atoms with Gasteiger partial charge < -0.3 is 29.9 Å². The van der Waals surface area contributed by atoms with Gasteiger partial charge in [0.15, 0.2) is 5.69 Å². The van der Waals surface area contributed by atoms with E-state index >= 15 is 0 Å². The molecule has 1 unspecified atom stereocenters. The Hall–Kier alpha value is -3.61. The van der Waals surface area contributed by atoms with Crippen LogP contribution in [-0.4, -0.2) is 101 Å². The lowest BCUT2D eigenvalue weighted by Gasteiger charge is -2.53. The van der Waals surface area contributed by atoms with E-state index in [4.69, 9.17) is 9.72 Å². The molecule has 2 aliphatic heterocycles. The maximum Gasteiger partial charge on any atom is 0.407 e. The maximum absolute atomic E-state index is 14.7. The number of halogens is 3. The van der Waals surface area contributed by atoms with Crippen LogP contribution in [0.4, 0.5) is 23.7 Å². The highest BCUT2D eigenvalue weighted by atomic mass is 19.4. The number of amides is 2. The third kappa shape index (κ3) is 7.03. The minimum Gasteiger partial charge on any atom is -0.477 e. The molecule has 0 bridgehead atoms. The molecule has 0 spiro atoms. The first-order chi connectivity index (χ1) is 20.7. The van der Waals surface area contributed by atoms with Crippen LogP contribution in [0.25, 0.3) is 11.3 Å². The van der Waals surface area contributed by atoms with Gasteiger partial charge in [-0.05, 0) is 63.0 Å². The number of nitrogens with one attached hydrogen (secondary N) is 1. The molecular weight excluding hydrogens is 577 g/mol. The summed E-state index contributed by atoms with van der Waals surface area (Å²) < 4.78 is 49.9. The fourth-order valence-corrected chi connectivity index (χ4v) is 6.65. The van der Waals surface area contributed by atoms with Gasteiger partial charge >= 0.3 is 12.3 Å². The first-order valence-corrected chi connectivity index (χ1v) is 15.1. The monoisotopic (exact) mass is 620 g/mol. The molecule has 0 radical (unpaired) electrons. The molecule has 242 valence electrons. The summed E-state index contributed by atoms with van der Waals surface area (Å²) in [5.74, 6) is -2.06. The third-order valence-electron chi connectivity index (χ3n) is 8.48. The molecule has 0 aromatic carbocycles. The normalized spacial score (nSPS) is 22.2. The number of aromatic nitrogens is 2. The number of hydrogen-bond acceptors (Lipinski definition) is 7. The molecule has 0 aliphatic carbocycles. The highest BCUT2D eigenvalue weighted by molar-refractivity contribution is 5.99. The number of likely N-dealkylation sites (N-methyl/N-ethyl adjacent to an activating group) is 1. The van der Waals surface area contributed by atoms with Crippen LogP contribution in [0.3, 0.4) is 0 Å². The van der Waals surface area contributed by atoms with Crippen LogP contribution in [0, 0.1) is 11.3 Å². The number of carbonyl (C=O) groups excluding carboxylic acids is 1. The fourth-order valence-electron chi connectivity index (χ4n) is 6.65. The predicted octanol–water partition coefficient (Wildman–Crippen LogP) is 5.15. The summed E-state index contributed by atoms with van der Waals surface area (Å²) in [4.78, 5) is 40.1. The molecular formula is C31H43F3N6O4. The van der Waals surface area contributed by atoms with E-state index in [1.54, 1.807) is 42.3 Å². The molecule has 44 heavy (non-hydrogen) atoms. The number of ether oxygens (including phenoxy) is 1. The van der Waals surface area contributed by atoms with E-state index in [2.05, 4.69) is 15.2 Å². The number of pyridine rings is 2. The van der Waals surface area contributed by atoms with Crippen molar-refractivity contribution >= 4 is 17.7 Å². The summed E-state index contributed by atoms with van der Waals surface area (Å²) in [6.07, 6.45) is -3.51. The van der Waals surface area contributed by atoms with Gasteiger partial charge in [0.1, 0.15) is 0 Å². The summed E-state index contributed by atoms with van der Waals surface area (Å²) in [6, 6.07) is 4.50. The molecule has 2 aromatic rings. The number of carbonyl (C=O) groups is 2. The number of anilines is 1. The SMILES string of the molecule is CCOc1ncccc1-c1ccc(N2CCN(C(=O)O)[C@H](C(C(C)(C)C)C(F)(F)F)[C@H]2CC)c(C(=O)N[C@@H]2CCN(C)C2)n1. The summed E-state index contributed by atoms with van der Waals surface area (Å²) in [5.41, 5.74) is 0.122. The molecule has 4 atom stereocenters. The lowest BCUT2D eigenvalue weighted by atomic mass is 9.71. The lowest BCUT2D eigenvalue weighted by molar-refractivity contribution is -0.220. The zero-order valence-corrected chi connectivity index (χ0v) is 26.2. The smallest absolute Gasteiger partial charge is 0.407 e. The second-order valence-corrected chi connectivity index (χ2v) is 12.6. The van der Waals surface area contributed by atoms with Crippen molar-refractivity contribution in [2.75, 3.05) is 44.7 Å². The van der Waals surface area contributed by atoms with Crippen molar-refractivity contribution in [3.8, 4) is 17.1 Å². The van der Waals surface area contributed by atoms with E-state index in [0.717, 1.165) is 17.9 Å². The molecule has 4 heterocycles. The standard InChI is InChI=1S/C31H43F3N6O4/c1-7-22-25(26(30(3,4)5)31(32,33)34)40(29(42)43)17-16-39(22)23-12-11-21(20-10-9-14-35-28(20)44-8-2)37-24(23)27(41)36-19-13-15-38(6)18-19/h9-12,14,19,22,25-26H,7-8,13,15-18H2,1-6H3,(H,36,41)(H,42,43)/t19-,22-,25+,26?/m1/s1. The zero-order chi connectivity index (χ0) is 32.4. The number of carboxylic acid groups (broad SMARTS) is 1. The molecule has 2 aliphatic rings. The average molecular weight is 621 g/mol. The largest absolute Gasteiger partial charge is 0.477 e. The van der Waals surface area contributed by atoms with Crippen molar-refractivity contribution in [3.63, 3.8) is 0 Å². The van der Waals surface area contributed by atoms with Crippen molar-refractivity contribution in [1.82, 2.24) is 25.1 Å². The van der Waals surface area contributed by atoms with Crippen molar-refractivity contribution < 1.29 is 32.6 Å². The van der Waals surface area contributed by atoms with Crippen LogP contribution in [0.1, 0.15) is 57.9 Å². The fraction of sp³-hybridized carbons (Fsp3) is 0.613. The quantitative estimate of drug-likeness (QED) is 0.417. The Morgan fingerprint density at radius 1 is 1.14 bits per heavy atom. The maximum atomic E-state index is 14.7. The number of likely N-dealkylation sites (tertiary alicyclic amines) is 1. The summed E-state index contributed by atoms with van der Waals surface area (Å²) in [7, 11) is 1.97. The van der Waals surface area contributed by atoms with E-state index in [1.165, 1.54) is 20.8 Å². The zero-order valence-electron chi connectivity index (χ0n) is 26.2. The Labute approximate surface area is 256 Å². The van der Waals surface area contributed by atoms with Crippen LogP contribution in [0.2, 0.25) is 0 Å². The van der Waals surface area contributed by atoms with E-state index in [1.807, 2.05) is 14.0 Å². The topological polar surface area (TPSA) is 111 Å². The summed E-state index contributed by atoms with van der Waals surface area (Å²) in [6.45, 7) is 9.80. The van der Waals surface area contributed by atoms with Crippen molar-refractivity contribution in [2.45, 2.75) is 71.8 Å². The van der Waals surface area contributed by atoms with Gasteiger partial charge in [-0.25, -0.2) is 14.8 Å². The predicted molar refractivity (Wildman–Crippen MR) is 161 cm³/mol. The molecule has 0 saturated carbocycles. The second kappa shape index (κ2) is 13.2. The van der Waals surface area contributed by atoms with Crippen molar-refractivity contribution in [1.29, 1.82) is 0 Å². The van der Waals surface area contributed by atoms with Crippen LogP contribution < -0.4 is 15.0 Å². The van der Waals surface area contributed by atoms with Gasteiger partial charge in [0, 0.05) is 31.9 Å². The summed E-state index contributed by atoms with van der Waals surface area (Å²) in [5, 5.41) is 13.1. The van der Waals surface area contributed by atoms with Gasteiger partial charge in [-0.2, -0.15) is 13.2 Å². The molecule has 2 fully saturated rings. The van der Waals surface area contributed by atoms with Crippen molar-refractivity contribution in [3.05, 3.63) is 36.2 Å². The Kier molecular flexibility index (Phi) is 9.96. The number of rotatable bonds is 8. The number of piperazine rings is 1. The molecule has 4 rings (SSSR count). The molecule has 2 N–H and O–H groups in total. The number of nitrogens with zero attached hydrogens (tertiary/aromatic N) is 5. The molecule has 2 saturated heterocycles. The first-order valence-electron chi connectivity index (χ1n) is 15.1. The third-order valence-corrected chi connectivity index (χ3v) is 8.48. The van der Waals surface area contributed by atoms with Gasteiger partial charge in [0.2, 0.25) is 5.88 Å². The molecule has 2 amide bonds. The van der Waals surface area contributed by atoms with E-state index < -0.39 is 41.6 Å². The molecule has 13 heteroatoms. The lowest BCUT2D eigenvalue weighted by Crippen LogP contribution is -2.67. The minimum atomic E-state index is -4.67. The average Bonchev–Trinajstić information content (AvgIpc) is 3.35. The van der Waals surface area contributed by atoms with Gasteiger partial charge in [-0.1, -0.05) is 27.7 Å². The van der Waals surface area contributed by atoms with Crippen molar-refractivity contribution in [2.24, 2.45) is 11.3 Å². The van der Waals surface area contributed by atoms with Gasteiger partial charge in [0.05, 0.1) is 41.6 Å². The van der Waals surface area contributed by atoms with Gasteiger partial charge in [0.25, 0.3) is 5.91 Å². The Bertz CT molecular complexity index is 1320. The molecule has 2 aromatic heterocycles. The first kappa shape index (κ1) is 33.3. The Balaban J connectivity index is 1.85. The Morgan fingerprint density at radius 2 is 1.86 bits per heavy atom.